The van der Waals surface area contributed by atoms with Crippen LogP contribution in [0.15, 0.2) is 18.2 Å². The van der Waals surface area contributed by atoms with Crippen LogP contribution in [-0.2, 0) is 16.0 Å². The number of likely N-dealkylation sites (tertiary alicyclic amines) is 2. The predicted octanol–water partition coefficient (Wildman–Crippen LogP) is 1.53. The summed E-state index contributed by atoms with van der Waals surface area (Å²) in [6.45, 7) is 6.21. The summed E-state index contributed by atoms with van der Waals surface area (Å²) in [4.78, 5) is 17.5. The zero-order valence-corrected chi connectivity index (χ0v) is 14.9. The SMILES string of the molecule is CCN1C[C@H]2[C@@H](C1)N(C(=O)Cc1ccc3c(c1)OCO3)CC[C@H]2OC. The smallest absolute Gasteiger partial charge is 0.231 e. The predicted molar refractivity (Wildman–Crippen MR) is 92.8 cm³/mol. The number of fused-ring (bicyclic) bond motifs is 2. The third-order valence-electron chi connectivity index (χ3n) is 5.80. The molecule has 0 saturated carbocycles. The highest BCUT2D eigenvalue weighted by Gasteiger charge is 2.45. The molecule has 3 atom stereocenters. The van der Waals surface area contributed by atoms with Gasteiger partial charge in [-0.15, -0.1) is 0 Å². The first-order valence-corrected chi connectivity index (χ1v) is 9.12. The van der Waals surface area contributed by atoms with Crippen LogP contribution in [0, 0.1) is 5.92 Å². The van der Waals surface area contributed by atoms with Gasteiger partial charge >= 0.3 is 0 Å². The Morgan fingerprint density at radius 3 is 2.92 bits per heavy atom. The van der Waals surface area contributed by atoms with Crippen LogP contribution in [0.5, 0.6) is 11.5 Å². The lowest BCUT2D eigenvalue weighted by Crippen LogP contribution is -2.54. The minimum Gasteiger partial charge on any atom is -0.454 e. The second-order valence-electron chi connectivity index (χ2n) is 7.10. The zero-order valence-electron chi connectivity index (χ0n) is 14.9. The van der Waals surface area contributed by atoms with E-state index >= 15 is 0 Å². The molecular formula is C19H26N2O4. The first-order chi connectivity index (χ1) is 12.2. The molecule has 0 spiro atoms. The highest BCUT2D eigenvalue weighted by molar-refractivity contribution is 5.79. The maximum Gasteiger partial charge on any atom is 0.231 e. The van der Waals surface area contributed by atoms with Crippen LogP contribution in [0.3, 0.4) is 0 Å². The fraction of sp³-hybridized carbons (Fsp3) is 0.632. The number of hydrogen-bond acceptors (Lipinski definition) is 5. The van der Waals surface area contributed by atoms with E-state index in [0.29, 0.717) is 12.3 Å². The summed E-state index contributed by atoms with van der Waals surface area (Å²) in [7, 11) is 1.79. The zero-order chi connectivity index (χ0) is 17.4. The monoisotopic (exact) mass is 346 g/mol. The number of piperidine rings is 1. The number of amides is 1. The van der Waals surface area contributed by atoms with Crippen molar-refractivity contribution in [1.29, 1.82) is 0 Å². The molecule has 3 heterocycles. The Morgan fingerprint density at radius 1 is 1.28 bits per heavy atom. The van der Waals surface area contributed by atoms with E-state index in [1.54, 1.807) is 7.11 Å². The summed E-state index contributed by atoms with van der Waals surface area (Å²) in [6, 6.07) is 6.03. The van der Waals surface area contributed by atoms with E-state index in [1.165, 1.54) is 0 Å². The van der Waals surface area contributed by atoms with Crippen LogP contribution in [0.4, 0.5) is 0 Å². The maximum atomic E-state index is 13.0. The molecule has 3 aliphatic heterocycles. The average molecular weight is 346 g/mol. The summed E-state index contributed by atoms with van der Waals surface area (Å²) in [6.07, 6.45) is 1.59. The molecule has 0 aromatic heterocycles. The van der Waals surface area contributed by atoms with Gasteiger partial charge in [0.05, 0.1) is 18.6 Å². The lowest BCUT2D eigenvalue weighted by atomic mass is 9.88. The second-order valence-corrected chi connectivity index (χ2v) is 7.10. The standard InChI is InChI=1S/C19H26N2O4/c1-3-20-10-14-15(11-20)21(7-6-16(14)23-2)19(22)9-13-4-5-17-18(8-13)25-12-24-17/h4-5,8,14-16H,3,6-7,9-12H2,1-2H3/t14-,15+,16+/m0/s1. The molecule has 136 valence electrons. The Hall–Kier alpha value is -1.79. The van der Waals surface area contributed by atoms with Crippen LogP contribution in [0.2, 0.25) is 0 Å². The van der Waals surface area contributed by atoms with Crippen molar-refractivity contribution in [2.75, 3.05) is 40.1 Å². The highest BCUT2D eigenvalue weighted by atomic mass is 16.7. The Morgan fingerprint density at radius 2 is 2.12 bits per heavy atom. The molecule has 2 fully saturated rings. The normalized spacial score (nSPS) is 28.2. The molecule has 6 heteroatoms. The van der Waals surface area contributed by atoms with Crippen LogP contribution in [0.1, 0.15) is 18.9 Å². The number of nitrogens with zero attached hydrogens (tertiary/aromatic N) is 2. The minimum absolute atomic E-state index is 0.196. The van der Waals surface area contributed by atoms with E-state index in [2.05, 4.69) is 16.7 Å². The van der Waals surface area contributed by atoms with Crippen molar-refractivity contribution in [2.45, 2.75) is 31.9 Å². The third kappa shape index (κ3) is 3.09. The summed E-state index contributed by atoms with van der Waals surface area (Å²) < 4.78 is 16.5. The molecule has 2 saturated heterocycles. The van der Waals surface area contributed by atoms with Gasteiger partial charge in [0.15, 0.2) is 11.5 Å². The lowest BCUT2D eigenvalue weighted by molar-refractivity contribution is -0.138. The van der Waals surface area contributed by atoms with E-state index in [0.717, 1.165) is 49.7 Å². The Bertz CT molecular complexity index is 650. The summed E-state index contributed by atoms with van der Waals surface area (Å²) in [5.41, 5.74) is 0.977. The largest absolute Gasteiger partial charge is 0.454 e. The van der Waals surface area contributed by atoms with E-state index in [4.69, 9.17) is 14.2 Å². The molecule has 1 amide bonds. The van der Waals surface area contributed by atoms with Gasteiger partial charge in [-0.25, -0.2) is 0 Å². The van der Waals surface area contributed by atoms with Crippen LogP contribution in [-0.4, -0.2) is 67.9 Å². The van der Waals surface area contributed by atoms with Crippen molar-refractivity contribution in [2.24, 2.45) is 5.92 Å². The molecule has 3 aliphatic rings. The number of likely N-dealkylation sites (N-methyl/N-ethyl adjacent to an activating group) is 1. The van der Waals surface area contributed by atoms with Crippen molar-refractivity contribution in [3.8, 4) is 11.5 Å². The Labute approximate surface area is 148 Å². The van der Waals surface area contributed by atoms with Gasteiger partial charge in [-0.1, -0.05) is 13.0 Å². The topological polar surface area (TPSA) is 51.2 Å². The number of hydrogen-bond donors (Lipinski definition) is 0. The molecule has 25 heavy (non-hydrogen) atoms. The van der Waals surface area contributed by atoms with Gasteiger partial charge in [0.2, 0.25) is 12.7 Å². The van der Waals surface area contributed by atoms with E-state index in [-0.39, 0.29) is 24.8 Å². The van der Waals surface area contributed by atoms with E-state index < -0.39 is 0 Å². The number of ether oxygens (including phenoxy) is 3. The third-order valence-corrected chi connectivity index (χ3v) is 5.80. The van der Waals surface area contributed by atoms with Gasteiger partial charge in [0, 0.05) is 32.7 Å². The molecule has 4 rings (SSSR count). The fourth-order valence-electron chi connectivity index (χ4n) is 4.42. The molecule has 0 bridgehead atoms. The van der Waals surface area contributed by atoms with Crippen molar-refractivity contribution >= 4 is 5.91 Å². The molecule has 0 aliphatic carbocycles. The number of rotatable bonds is 4. The van der Waals surface area contributed by atoms with Gasteiger partial charge in [0.1, 0.15) is 0 Å². The second kappa shape index (κ2) is 6.84. The molecule has 0 unspecified atom stereocenters. The number of carbonyl (C=O) groups excluding carboxylic acids is 1. The maximum absolute atomic E-state index is 13.0. The van der Waals surface area contributed by atoms with Gasteiger partial charge in [-0.05, 0) is 30.7 Å². The van der Waals surface area contributed by atoms with E-state index in [9.17, 15) is 4.79 Å². The van der Waals surface area contributed by atoms with Crippen LogP contribution < -0.4 is 9.47 Å². The first-order valence-electron chi connectivity index (χ1n) is 9.12. The Kier molecular flexibility index (Phi) is 4.56. The Balaban J connectivity index is 1.48. The fourth-order valence-corrected chi connectivity index (χ4v) is 4.42. The summed E-state index contributed by atoms with van der Waals surface area (Å²) in [5, 5.41) is 0. The van der Waals surface area contributed by atoms with Gasteiger partial charge < -0.3 is 24.0 Å². The molecule has 6 nitrogen and oxygen atoms in total. The van der Waals surface area contributed by atoms with E-state index in [1.807, 2.05) is 18.2 Å². The first kappa shape index (κ1) is 16.7. The van der Waals surface area contributed by atoms with Crippen LogP contribution >= 0.6 is 0 Å². The molecule has 0 N–H and O–H groups in total. The molecule has 1 aromatic rings. The van der Waals surface area contributed by atoms with Crippen LogP contribution in [0.25, 0.3) is 0 Å². The van der Waals surface area contributed by atoms with Gasteiger partial charge in [-0.2, -0.15) is 0 Å². The minimum atomic E-state index is 0.196. The number of benzene rings is 1. The highest BCUT2D eigenvalue weighted by Crippen LogP contribution is 2.34. The number of methoxy groups -OCH3 is 1. The van der Waals surface area contributed by atoms with Crippen molar-refractivity contribution in [3.05, 3.63) is 23.8 Å². The molecule has 0 radical (unpaired) electrons. The summed E-state index contributed by atoms with van der Waals surface area (Å²) >= 11 is 0. The quantitative estimate of drug-likeness (QED) is 0.827. The van der Waals surface area contributed by atoms with Crippen molar-refractivity contribution in [1.82, 2.24) is 9.80 Å². The molecule has 1 aromatic carbocycles. The summed E-state index contributed by atoms with van der Waals surface area (Å²) in [5.74, 6) is 2.10. The van der Waals surface area contributed by atoms with Crippen molar-refractivity contribution < 1.29 is 19.0 Å². The average Bonchev–Trinajstić information content (AvgIpc) is 3.26. The van der Waals surface area contributed by atoms with Gasteiger partial charge in [-0.3, -0.25) is 4.79 Å². The number of carbonyl (C=O) groups is 1. The molecular weight excluding hydrogens is 320 g/mol. The van der Waals surface area contributed by atoms with Crippen molar-refractivity contribution in [3.63, 3.8) is 0 Å². The van der Waals surface area contributed by atoms with Gasteiger partial charge in [0.25, 0.3) is 0 Å². The lowest BCUT2D eigenvalue weighted by Gasteiger charge is -2.41.